The van der Waals surface area contributed by atoms with E-state index in [4.69, 9.17) is 4.74 Å². The number of rotatable bonds is 4. The molecule has 5 heteroatoms. The van der Waals surface area contributed by atoms with Crippen molar-refractivity contribution in [3.8, 4) is 28.6 Å². The summed E-state index contributed by atoms with van der Waals surface area (Å²) in [6.45, 7) is 1.76. The number of pyridine rings is 1. The Morgan fingerprint density at radius 3 is 2.60 bits per heavy atom. The number of phenolic OH excluding ortho intramolecular Hbond substituents is 2. The van der Waals surface area contributed by atoms with Gasteiger partial charge >= 0.3 is 0 Å². The van der Waals surface area contributed by atoms with E-state index in [2.05, 4.69) is 4.98 Å². The minimum absolute atomic E-state index is 0.0579. The fraction of sp³-hybridized carbons (Fsp3) is 0.200. The topological polar surface area (TPSA) is 79.7 Å². The number of carbonyl (C=O) groups is 1. The lowest BCUT2D eigenvalue weighted by molar-refractivity contribution is 0.0988. The number of phenols is 2. The molecule has 104 valence electrons. The molecular formula is C15H15NO4. The molecule has 20 heavy (non-hydrogen) atoms. The number of aromatic nitrogens is 1. The molecule has 0 aliphatic heterocycles. The lowest BCUT2D eigenvalue weighted by Gasteiger charge is -2.11. The molecule has 2 aromatic rings. The van der Waals surface area contributed by atoms with Gasteiger partial charge in [0.1, 0.15) is 11.5 Å². The Labute approximate surface area is 116 Å². The number of hydrogen-bond donors (Lipinski definition) is 2. The van der Waals surface area contributed by atoms with E-state index in [1.165, 1.54) is 25.3 Å². The zero-order chi connectivity index (χ0) is 14.7. The molecule has 0 aliphatic rings. The summed E-state index contributed by atoms with van der Waals surface area (Å²) in [5.41, 5.74) is 1.13. The van der Waals surface area contributed by atoms with Gasteiger partial charge in [-0.05, 0) is 18.2 Å². The molecule has 0 saturated heterocycles. The molecule has 2 rings (SSSR count). The summed E-state index contributed by atoms with van der Waals surface area (Å²) in [6, 6.07) is 7.37. The summed E-state index contributed by atoms with van der Waals surface area (Å²) in [7, 11) is 1.48. The molecule has 1 heterocycles. The summed E-state index contributed by atoms with van der Waals surface area (Å²) in [5.74, 6) is 0.0659. The first kappa shape index (κ1) is 13.9. The van der Waals surface area contributed by atoms with E-state index in [1.807, 2.05) is 0 Å². The SMILES string of the molecule is CCC(=O)c1ccc(OC)nc1-c1ccc(O)cc1O. The third kappa shape index (κ3) is 2.56. The van der Waals surface area contributed by atoms with Gasteiger partial charge in [0.25, 0.3) is 0 Å². The largest absolute Gasteiger partial charge is 0.508 e. The van der Waals surface area contributed by atoms with Crippen LogP contribution in [0, 0.1) is 0 Å². The maximum absolute atomic E-state index is 12.0. The molecule has 1 aromatic heterocycles. The Morgan fingerprint density at radius 1 is 1.25 bits per heavy atom. The van der Waals surface area contributed by atoms with Crippen molar-refractivity contribution in [2.45, 2.75) is 13.3 Å². The van der Waals surface area contributed by atoms with E-state index in [0.29, 0.717) is 29.1 Å². The highest BCUT2D eigenvalue weighted by Gasteiger charge is 2.17. The van der Waals surface area contributed by atoms with Crippen LogP contribution in [0.25, 0.3) is 11.3 Å². The van der Waals surface area contributed by atoms with Gasteiger partial charge in [-0.1, -0.05) is 6.92 Å². The number of ketones is 1. The average molecular weight is 273 g/mol. The van der Waals surface area contributed by atoms with Crippen LogP contribution in [-0.4, -0.2) is 28.1 Å². The second-order valence-electron chi connectivity index (χ2n) is 4.23. The summed E-state index contributed by atoms with van der Waals surface area (Å²) in [5, 5.41) is 19.3. The monoisotopic (exact) mass is 273 g/mol. The van der Waals surface area contributed by atoms with E-state index >= 15 is 0 Å². The number of aromatic hydroxyl groups is 2. The number of carbonyl (C=O) groups excluding carboxylic acids is 1. The Balaban J connectivity index is 2.66. The Hall–Kier alpha value is -2.56. The van der Waals surface area contributed by atoms with Crippen molar-refractivity contribution >= 4 is 5.78 Å². The van der Waals surface area contributed by atoms with Crippen LogP contribution in [0.3, 0.4) is 0 Å². The molecule has 5 nitrogen and oxygen atoms in total. The minimum Gasteiger partial charge on any atom is -0.508 e. The number of ether oxygens (including phenoxy) is 1. The molecule has 0 aliphatic carbocycles. The van der Waals surface area contributed by atoms with E-state index in [0.717, 1.165) is 0 Å². The first-order valence-electron chi connectivity index (χ1n) is 6.17. The molecule has 0 fully saturated rings. The van der Waals surface area contributed by atoms with E-state index in [-0.39, 0.29) is 17.3 Å². The molecule has 2 N–H and O–H groups in total. The quantitative estimate of drug-likeness (QED) is 0.837. The summed E-state index contributed by atoms with van der Waals surface area (Å²) >= 11 is 0. The Bertz CT molecular complexity index is 652. The number of methoxy groups -OCH3 is 1. The third-order valence-electron chi connectivity index (χ3n) is 2.94. The standard InChI is InChI=1S/C15H15NO4/c1-3-12(18)10-6-7-14(20-2)16-15(10)11-5-4-9(17)8-13(11)19/h4-8,17,19H,3H2,1-2H3. The smallest absolute Gasteiger partial charge is 0.213 e. The van der Waals surface area contributed by atoms with Gasteiger partial charge in [-0.25, -0.2) is 4.98 Å². The lowest BCUT2D eigenvalue weighted by atomic mass is 10.0. The van der Waals surface area contributed by atoms with Crippen molar-refractivity contribution in [3.63, 3.8) is 0 Å². The minimum atomic E-state index is -0.143. The fourth-order valence-electron chi connectivity index (χ4n) is 1.90. The second-order valence-corrected chi connectivity index (χ2v) is 4.23. The van der Waals surface area contributed by atoms with Gasteiger partial charge in [0, 0.05) is 29.7 Å². The van der Waals surface area contributed by atoms with E-state index in [9.17, 15) is 15.0 Å². The maximum atomic E-state index is 12.0. The number of benzene rings is 1. The molecule has 0 unspecified atom stereocenters. The van der Waals surface area contributed by atoms with E-state index in [1.54, 1.807) is 19.1 Å². The van der Waals surface area contributed by atoms with Gasteiger partial charge in [-0.2, -0.15) is 0 Å². The maximum Gasteiger partial charge on any atom is 0.213 e. The lowest BCUT2D eigenvalue weighted by Crippen LogP contribution is -2.03. The summed E-state index contributed by atoms with van der Waals surface area (Å²) in [6.07, 6.45) is 0.333. The van der Waals surface area contributed by atoms with Crippen molar-refractivity contribution in [1.82, 2.24) is 4.98 Å². The van der Waals surface area contributed by atoms with Crippen LogP contribution >= 0.6 is 0 Å². The first-order chi connectivity index (χ1) is 9.56. The predicted octanol–water partition coefficient (Wildman–Crippen LogP) is 2.76. The van der Waals surface area contributed by atoms with Crippen molar-refractivity contribution in [1.29, 1.82) is 0 Å². The van der Waals surface area contributed by atoms with Gasteiger partial charge < -0.3 is 14.9 Å². The second kappa shape index (κ2) is 5.61. The van der Waals surface area contributed by atoms with Gasteiger partial charge in [0.05, 0.1) is 12.8 Å². The number of nitrogens with zero attached hydrogens (tertiary/aromatic N) is 1. The van der Waals surface area contributed by atoms with Crippen molar-refractivity contribution in [2.24, 2.45) is 0 Å². The van der Waals surface area contributed by atoms with Crippen LogP contribution in [0.5, 0.6) is 17.4 Å². The van der Waals surface area contributed by atoms with Crippen LogP contribution in [0.15, 0.2) is 30.3 Å². The van der Waals surface area contributed by atoms with Crippen LogP contribution in [-0.2, 0) is 0 Å². The van der Waals surface area contributed by atoms with Gasteiger partial charge in [-0.3, -0.25) is 4.79 Å². The highest BCUT2D eigenvalue weighted by Crippen LogP contribution is 2.34. The normalized spacial score (nSPS) is 10.3. The zero-order valence-corrected chi connectivity index (χ0v) is 11.3. The average Bonchev–Trinajstić information content (AvgIpc) is 2.46. The predicted molar refractivity (Wildman–Crippen MR) is 74.2 cm³/mol. The van der Waals surface area contributed by atoms with Crippen LogP contribution in [0.4, 0.5) is 0 Å². The Morgan fingerprint density at radius 2 is 2.00 bits per heavy atom. The zero-order valence-electron chi connectivity index (χ0n) is 11.3. The first-order valence-corrected chi connectivity index (χ1v) is 6.17. The van der Waals surface area contributed by atoms with Gasteiger partial charge in [0.2, 0.25) is 5.88 Å². The van der Waals surface area contributed by atoms with Gasteiger partial charge in [0.15, 0.2) is 5.78 Å². The molecule has 0 spiro atoms. The van der Waals surface area contributed by atoms with E-state index < -0.39 is 0 Å². The summed E-state index contributed by atoms with van der Waals surface area (Å²) < 4.78 is 5.05. The summed E-state index contributed by atoms with van der Waals surface area (Å²) in [4.78, 5) is 16.2. The molecule has 0 bridgehead atoms. The van der Waals surface area contributed by atoms with Crippen molar-refractivity contribution < 1.29 is 19.7 Å². The molecule has 0 amide bonds. The molecule has 0 saturated carbocycles. The highest BCUT2D eigenvalue weighted by molar-refractivity contribution is 6.01. The highest BCUT2D eigenvalue weighted by atomic mass is 16.5. The number of Topliss-reactive ketones (excluding diaryl/α,β-unsaturated/α-hetero) is 1. The van der Waals surface area contributed by atoms with Crippen molar-refractivity contribution in [3.05, 3.63) is 35.9 Å². The Kier molecular flexibility index (Phi) is 3.89. The third-order valence-corrected chi connectivity index (χ3v) is 2.94. The van der Waals surface area contributed by atoms with Crippen LogP contribution in [0.2, 0.25) is 0 Å². The number of hydrogen-bond acceptors (Lipinski definition) is 5. The molecule has 1 aromatic carbocycles. The molecule has 0 atom stereocenters. The van der Waals surface area contributed by atoms with Crippen LogP contribution in [0.1, 0.15) is 23.7 Å². The van der Waals surface area contributed by atoms with Gasteiger partial charge in [-0.15, -0.1) is 0 Å². The molecule has 0 radical (unpaired) electrons. The fourth-order valence-corrected chi connectivity index (χ4v) is 1.90. The van der Waals surface area contributed by atoms with Crippen molar-refractivity contribution in [2.75, 3.05) is 7.11 Å². The van der Waals surface area contributed by atoms with Crippen LogP contribution < -0.4 is 4.74 Å². The molecular weight excluding hydrogens is 258 g/mol.